The highest BCUT2D eigenvalue weighted by atomic mass is 19.1. The lowest BCUT2D eigenvalue weighted by Crippen LogP contribution is -2.38. The largest absolute Gasteiger partial charge is 0.472 e. The van der Waals surface area contributed by atoms with Crippen LogP contribution < -0.4 is 9.64 Å². The van der Waals surface area contributed by atoms with Gasteiger partial charge >= 0.3 is 6.01 Å². The number of ether oxygens (including phenoxy) is 1. The van der Waals surface area contributed by atoms with E-state index in [1.54, 1.807) is 0 Å². The summed E-state index contributed by atoms with van der Waals surface area (Å²) < 4.78 is 27.3. The van der Waals surface area contributed by atoms with Crippen LogP contribution in [0.4, 0.5) is 10.4 Å². The summed E-state index contributed by atoms with van der Waals surface area (Å²) in [5.74, 6) is 0.581. The minimum absolute atomic E-state index is 0.0939. The van der Waals surface area contributed by atoms with Crippen LogP contribution >= 0.6 is 0 Å². The molecule has 0 radical (unpaired) electrons. The van der Waals surface area contributed by atoms with E-state index in [0.717, 1.165) is 18.9 Å². The summed E-state index contributed by atoms with van der Waals surface area (Å²) >= 11 is 0. The molecule has 0 N–H and O–H groups in total. The normalized spacial score (nSPS) is 14.7. The van der Waals surface area contributed by atoms with Gasteiger partial charge in [-0.3, -0.25) is 0 Å². The maximum atomic E-state index is 14.5. The second-order valence-corrected chi connectivity index (χ2v) is 8.02. The summed E-state index contributed by atoms with van der Waals surface area (Å²) in [5.41, 5.74) is 0.997. The van der Waals surface area contributed by atoms with Crippen molar-refractivity contribution < 1.29 is 13.7 Å². The second kappa shape index (κ2) is 8.42. The number of aromatic nitrogens is 7. The summed E-state index contributed by atoms with van der Waals surface area (Å²) in [6.07, 6.45) is 2.69. The van der Waals surface area contributed by atoms with Crippen molar-refractivity contribution in [2.75, 3.05) is 18.0 Å². The fourth-order valence-electron chi connectivity index (χ4n) is 3.64. The predicted molar refractivity (Wildman–Crippen MR) is 113 cm³/mol. The Bertz CT molecular complexity index is 1340. The lowest BCUT2D eigenvalue weighted by atomic mass is 10.1. The second-order valence-electron chi connectivity index (χ2n) is 8.02. The number of halogens is 1. The predicted octanol–water partition coefficient (Wildman–Crippen LogP) is 2.78. The van der Waals surface area contributed by atoms with Gasteiger partial charge in [0.1, 0.15) is 23.9 Å². The molecule has 33 heavy (non-hydrogen) atoms. The highest BCUT2D eigenvalue weighted by Gasteiger charge is 2.26. The first-order chi connectivity index (χ1) is 16.0. The maximum absolute atomic E-state index is 14.5. The molecular weight excluding hydrogens is 429 g/mol. The molecule has 12 heteroatoms. The zero-order valence-electron chi connectivity index (χ0n) is 18.0. The van der Waals surface area contributed by atoms with Crippen molar-refractivity contribution in [2.24, 2.45) is 0 Å². The SMILES string of the molecule is CC(C)c1noc(N2CCC(Oc3ncnc4c3nnn4-c3ccc(C#N)cc3F)CC2)n1. The van der Waals surface area contributed by atoms with E-state index < -0.39 is 5.82 Å². The number of hydrogen-bond donors (Lipinski definition) is 0. The number of fused-ring (bicyclic) bond motifs is 1. The standard InChI is InChI=1S/C21H20FN9O2/c1-12(2)18-26-21(33-28-18)30-7-5-14(6-8-30)32-20-17-19(24-11-25-20)31(29-27-17)16-4-3-13(10-23)9-15(16)22/h3-4,9,11-12,14H,5-8H2,1-2H3. The van der Waals surface area contributed by atoms with Crippen molar-refractivity contribution in [1.29, 1.82) is 5.26 Å². The lowest BCUT2D eigenvalue weighted by molar-refractivity contribution is 0.163. The number of benzene rings is 1. The van der Waals surface area contributed by atoms with Gasteiger partial charge in [-0.1, -0.05) is 24.2 Å². The Morgan fingerprint density at radius 1 is 1.24 bits per heavy atom. The number of anilines is 1. The first-order valence-corrected chi connectivity index (χ1v) is 10.5. The van der Waals surface area contributed by atoms with Crippen molar-refractivity contribution in [3.8, 4) is 17.6 Å². The van der Waals surface area contributed by atoms with Crippen molar-refractivity contribution in [3.05, 3.63) is 41.7 Å². The summed E-state index contributed by atoms with van der Waals surface area (Å²) in [5, 5.41) is 21.1. The van der Waals surface area contributed by atoms with Crippen LogP contribution in [0.15, 0.2) is 29.0 Å². The van der Waals surface area contributed by atoms with Crippen LogP contribution in [0.25, 0.3) is 16.9 Å². The molecule has 0 bridgehead atoms. The Morgan fingerprint density at radius 2 is 2.06 bits per heavy atom. The van der Waals surface area contributed by atoms with Crippen molar-refractivity contribution >= 4 is 17.2 Å². The Labute approximate surface area is 187 Å². The van der Waals surface area contributed by atoms with Crippen molar-refractivity contribution in [1.82, 2.24) is 35.1 Å². The van der Waals surface area contributed by atoms with Gasteiger partial charge in [0, 0.05) is 31.8 Å². The number of hydrogen-bond acceptors (Lipinski definition) is 10. The number of nitriles is 1. The van der Waals surface area contributed by atoms with E-state index in [1.165, 1.54) is 23.1 Å². The van der Waals surface area contributed by atoms with Gasteiger partial charge in [0.25, 0.3) is 0 Å². The lowest BCUT2D eigenvalue weighted by Gasteiger charge is -2.30. The molecule has 1 fully saturated rings. The van der Waals surface area contributed by atoms with Crippen LogP contribution in [-0.4, -0.2) is 54.3 Å². The quantitative estimate of drug-likeness (QED) is 0.448. The van der Waals surface area contributed by atoms with Crippen LogP contribution in [0, 0.1) is 17.1 Å². The summed E-state index contributed by atoms with van der Waals surface area (Å²) in [6, 6.07) is 6.53. The van der Waals surface area contributed by atoms with Gasteiger partial charge in [-0.2, -0.15) is 19.9 Å². The summed E-state index contributed by atoms with van der Waals surface area (Å²) in [7, 11) is 0. The molecule has 4 heterocycles. The maximum Gasteiger partial charge on any atom is 0.324 e. The number of nitrogens with zero attached hydrogens (tertiary/aromatic N) is 9. The molecule has 168 valence electrons. The van der Waals surface area contributed by atoms with Gasteiger partial charge < -0.3 is 14.2 Å². The topological polar surface area (TPSA) is 132 Å². The monoisotopic (exact) mass is 449 g/mol. The average Bonchev–Trinajstić information content (AvgIpc) is 3.48. The third-order valence-corrected chi connectivity index (χ3v) is 5.45. The molecule has 11 nitrogen and oxygen atoms in total. The van der Waals surface area contributed by atoms with E-state index in [0.29, 0.717) is 42.0 Å². The van der Waals surface area contributed by atoms with E-state index in [2.05, 4.69) is 30.4 Å². The van der Waals surface area contributed by atoms with Crippen molar-refractivity contribution in [3.63, 3.8) is 0 Å². The minimum atomic E-state index is -0.601. The minimum Gasteiger partial charge on any atom is -0.472 e. The van der Waals surface area contributed by atoms with E-state index in [9.17, 15) is 4.39 Å². The molecule has 1 saturated heterocycles. The van der Waals surface area contributed by atoms with E-state index in [1.807, 2.05) is 24.8 Å². The molecule has 0 atom stereocenters. The summed E-state index contributed by atoms with van der Waals surface area (Å²) in [6.45, 7) is 5.43. The fraction of sp³-hybridized carbons (Fsp3) is 0.381. The van der Waals surface area contributed by atoms with Crippen molar-refractivity contribution in [2.45, 2.75) is 38.7 Å². The van der Waals surface area contributed by atoms with E-state index in [-0.39, 0.29) is 23.3 Å². The molecule has 0 amide bonds. The van der Waals surface area contributed by atoms with Crippen LogP contribution in [0.5, 0.6) is 5.88 Å². The van der Waals surface area contributed by atoms with Gasteiger partial charge in [0.2, 0.25) is 5.88 Å². The van der Waals surface area contributed by atoms with Crippen LogP contribution in [-0.2, 0) is 0 Å². The third-order valence-electron chi connectivity index (χ3n) is 5.45. The first kappa shape index (κ1) is 20.7. The third kappa shape index (κ3) is 3.93. The van der Waals surface area contributed by atoms with E-state index >= 15 is 0 Å². The molecule has 1 aliphatic heterocycles. The van der Waals surface area contributed by atoms with Gasteiger partial charge in [-0.05, 0) is 18.2 Å². The van der Waals surface area contributed by atoms with Crippen LogP contribution in [0.2, 0.25) is 0 Å². The fourth-order valence-corrected chi connectivity index (χ4v) is 3.64. The smallest absolute Gasteiger partial charge is 0.324 e. The Hall–Kier alpha value is -4.14. The van der Waals surface area contributed by atoms with Gasteiger partial charge in [-0.15, -0.1) is 5.10 Å². The molecule has 4 aromatic rings. The number of piperidine rings is 1. The number of rotatable bonds is 5. The average molecular weight is 449 g/mol. The van der Waals surface area contributed by atoms with E-state index in [4.69, 9.17) is 14.5 Å². The highest BCUT2D eigenvalue weighted by molar-refractivity contribution is 5.76. The molecule has 3 aromatic heterocycles. The highest BCUT2D eigenvalue weighted by Crippen LogP contribution is 2.27. The molecular formula is C21H20FN9O2. The van der Waals surface area contributed by atoms with Gasteiger partial charge in [0.15, 0.2) is 17.0 Å². The molecule has 0 aliphatic carbocycles. The Morgan fingerprint density at radius 3 is 2.76 bits per heavy atom. The Balaban J connectivity index is 1.32. The van der Waals surface area contributed by atoms with Gasteiger partial charge in [0.05, 0.1) is 11.6 Å². The Kier molecular flexibility index (Phi) is 5.29. The molecule has 0 saturated carbocycles. The molecule has 5 rings (SSSR count). The molecule has 1 aliphatic rings. The van der Waals surface area contributed by atoms with Crippen LogP contribution in [0.3, 0.4) is 0 Å². The van der Waals surface area contributed by atoms with Crippen LogP contribution in [0.1, 0.15) is 44.0 Å². The molecule has 1 aromatic carbocycles. The zero-order valence-corrected chi connectivity index (χ0v) is 18.0. The van der Waals surface area contributed by atoms with Gasteiger partial charge in [-0.25, -0.2) is 9.37 Å². The first-order valence-electron chi connectivity index (χ1n) is 10.5. The zero-order chi connectivity index (χ0) is 22.9. The molecule has 0 spiro atoms. The summed E-state index contributed by atoms with van der Waals surface area (Å²) in [4.78, 5) is 14.9. The molecule has 0 unspecified atom stereocenters.